The molecule has 12 nitrogen and oxygen atoms in total. The van der Waals surface area contributed by atoms with E-state index in [1.807, 2.05) is 0 Å². The Hall–Kier alpha value is -1.29. The maximum absolute atomic E-state index is 14.0. The fourth-order valence-corrected chi connectivity index (χ4v) is 11.4. The van der Waals surface area contributed by atoms with Gasteiger partial charge in [-0.05, 0) is 67.9 Å². The Bertz CT molecular complexity index is 1380. The molecule has 0 aromatic carbocycles. The quantitative estimate of drug-likeness (QED) is 0.364. The summed E-state index contributed by atoms with van der Waals surface area (Å²) in [7, 11) is 0. The minimum Gasteiger partial charge on any atom is -0.396 e. The zero-order valence-corrected chi connectivity index (χ0v) is 30.6. The van der Waals surface area contributed by atoms with E-state index in [1.165, 1.54) is 0 Å². The molecule has 0 radical (unpaired) electrons. The maximum Gasteiger partial charge on any atom is 0.172 e. The lowest BCUT2D eigenvalue weighted by atomic mass is 9.78. The van der Waals surface area contributed by atoms with Crippen LogP contribution >= 0.6 is 0 Å². The molecule has 10 aliphatic heterocycles. The van der Waals surface area contributed by atoms with Crippen molar-refractivity contribution in [2.45, 2.75) is 188 Å². The van der Waals surface area contributed by atoms with Gasteiger partial charge in [-0.15, -0.1) is 0 Å². The van der Waals surface area contributed by atoms with Gasteiger partial charge >= 0.3 is 0 Å². The van der Waals surface area contributed by atoms with Gasteiger partial charge in [0.25, 0.3) is 0 Å². The number of rotatable bonds is 4. The lowest BCUT2D eigenvalue weighted by molar-refractivity contribution is -0.292. The minimum atomic E-state index is -0.790. The first-order valence-corrected chi connectivity index (χ1v) is 20.3. The second-order valence-corrected chi connectivity index (χ2v) is 17.6. The van der Waals surface area contributed by atoms with Gasteiger partial charge in [-0.3, -0.25) is 4.79 Å². The number of nitrogens with two attached hydrogens (primary N) is 1. The van der Waals surface area contributed by atoms with Gasteiger partial charge in [-0.1, -0.05) is 20.1 Å². The van der Waals surface area contributed by atoms with E-state index in [4.69, 9.17) is 43.6 Å². The lowest BCUT2D eigenvalue weighted by Gasteiger charge is -2.47. The standard InChI is InChI=1S/C40H59NO11/c1-19-10-24-4-6-29-20(2)11-26(45-29)8-9-40-16-34-36(51-40)37-38(50-34)39(52-40)35-30(49-37)7-5-25(47-35)12-22(43)13-27-28(18-42)32(14-23(44)17-41)48-33(27)15-31(46-24)21(19)3/h19,23-39,42,44H,2-18,41H2,1H3/t19-,23+,24+,25?,26+,27-,28-,29?,30+,31?,32-,33+,34-,35+,36+,37+,38-,39+,40?/m1/s1. The van der Waals surface area contributed by atoms with Crippen LogP contribution in [0.5, 0.6) is 0 Å². The Morgan fingerprint density at radius 3 is 2.37 bits per heavy atom. The van der Waals surface area contributed by atoms with Crippen molar-refractivity contribution in [1.82, 2.24) is 0 Å². The molecule has 1 spiro atoms. The van der Waals surface area contributed by atoms with Crippen molar-refractivity contribution in [2.75, 3.05) is 13.2 Å². The molecule has 10 fully saturated rings. The molecule has 0 amide bonds. The third kappa shape index (κ3) is 6.59. The van der Waals surface area contributed by atoms with Crippen molar-refractivity contribution in [3.63, 3.8) is 0 Å². The molecule has 52 heavy (non-hydrogen) atoms. The second-order valence-electron chi connectivity index (χ2n) is 17.6. The van der Waals surface area contributed by atoms with Crippen LogP contribution in [0, 0.1) is 17.8 Å². The van der Waals surface area contributed by atoms with Gasteiger partial charge in [0.1, 0.15) is 36.3 Å². The van der Waals surface area contributed by atoms with Crippen molar-refractivity contribution in [2.24, 2.45) is 23.5 Å². The molecule has 0 aromatic rings. The van der Waals surface area contributed by atoms with Crippen molar-refractivity contribution in [3.05, 3.63) is 24.3 Å². The number of hydrogen-bond acceptors (Lipinski definition) is 12. The van der Waals surface area contributed by atoms with E-state index >= 15 is 0 Å². The molecule has 19 atom stereocenters. The van der Waals surface area contributed by atoms with Gasteiger partial charge in [0.15, 0.2) is 5.79 Å². The van der Waals surface area contributed by atoms with E-state index in [0.29, 0.717) is 32.1 Å². The molecule has 12 bridgehead atoms. The Balaban J connectivity index is 0.994. The molecule has 4 unspecified atom stereocenters. The van der Waals surface area contributed by atoms with Crippen LogP contribution in [-0.2, 0) is 42.7 Å². The molecule has 0 aliphatic carbocycles. The molecule has 290 valence electrons. The molecule has 10 heterocycles. The van der Waals surface area contributed by atoms with E-state index in [1.54, 1.807) is 0 Å². The highest BCUT2D eigenvalue weighted by atomic mass is 16.8. The third-order valence-corrected chi connectivity index (χ3v) is 14.2. The van der Waals surface area contributed by atoms with Crippen LogP contribution in [0.25, 0.3) is 0 Å². The SMILES string of the molecule is C=C1C[C@@H]2CCC34C[C@H]5O[C@H]6[C@@H](O3)[C@H]3OC(CC[C@@H]3O[C@H]6[C@H]5O4)CC(=O)C[C@@H]3[C@@H](CO)[C@@H](C[C@H](O)CN)O[C@H]3CC3O[C@@H](CCC1O2)C[C@@H](C)C3=C. The molecular weight excluding hydrogens is 670 g/mol. The summed E-state index contributed by atoms with van der Waals surface area (Å²) < 4.78 is 53.8. The van der Waals surface area contributed by atoms with E-state index < -0.39 is 18.0 Å². The third-order valence-electron chi connectivity index (χ3n) is 14.2. The highest BCUT2D eigenvalue weighted by Crippen LogP contribution is 2.54. The van der Waals surface area contributed by atoms with Crippen LogP contribution in [0.4, 0.5) is 0 Å². The summed E-state index contributed by atoms with van der Waals surface area (Å²) in [4.78, 5) is 14.0. The Morgan fingerprint density at radius 2 is 1.54 bits per heavy atom. The second kappa shape index (κ2) is 14.3. The average Bonchev–Trinajstić information content (AvgIpc) is 3.79. The molecule has 10 saturated heterocycles. The Kier molecular flexibility index (Phi) is 10.0. The van der Waals surface area contributed by atoms with Crippen LogP contribution in [0.2, 0.25) is 0 Å². The van der Waals surface area contributed by atoms with Gasteiger partial charge in [-0.2, -0.15) is 0 Å². The molecule has 0 saturated carbocycles. The summed E-state index contributed by atoms with van der Waals surface area (Å²) in [6, 6.07) is 0. The number of hydrogen-bond donors (Lipinski definition) is 3. The van der Waals surface area contributed by atoms with E-state index in [0.717, 1.165) is 49.7 Å². The summed E-state index contributed by atoms with van der Waals surface area (Å²) in [5.41, 5.74) is 7.96. The molecule has 4 N–H and O–H groups in total. The summed E-state index contributed by atoms with van der Waals surface area (Å²) in [5, 5.41) is 21.2. The zero-order valence-electron chi connectivity index (χ0n) is 30.6. The van der Waals surface area contributed by atoms with Gasteiger partial charge in [0, 0.05) is 57.6 Å². The highest BCUT2D eigenvalue weighted by Gasteiger charge is 2.68. The first kappa shape index (κ1) is 36.4. The summed E-state index contributed by atoms with van der Waals surface area (Å²) in [6.45, 7) is 11.0. The van der Waals surface area contributed by atoms with Crippen LogP contribution in [0.3, 0.4) is 0 Å². The number of carbonyl (C=O) groups is 1. The maximum atomic E-state index is 14.0. The molecular formula is C40H59NO11. The number of aliphatic hydroxyl groups excluding tert-OH is 2. The van der Waals surface area contributed by atoms with Gasteiger partial charge < -0.3 is 53.8 Å². The number of ether oxygens (including phenoxy) is 8. The number of ketones is 1. The largest absolute Gasteiger partial charge is 0.396 e. The summed E-state index contributed by atoms with van der Waals surface area (Å²) in [5.74, 6) is -1.03. The first-order chi connectivity index (χ1) is 25.1. The number of Topliss-reactive ketones (excluding diaryl/α,β-unsaturated/α-hetero) is 1. The van der Waals surface area contributed by atoms with Crippen molar-refractivity contribution < 1.29 is 52.9 Å². The predicted molar refractivity (Wildman–Crippen MR) is 186 cm³/mol. The fraction of sp³-hybridized carbons (Fsp3) is 0.875. The van der Waals surface area contributed by atoms with E-state index in [2.05, 4.69) is 20.1 Å². The van der Waals surface area contributed by atoms with E-state index in [9.17, 15) is 15.0 Å². The Morgan fingerprint density at radius 1 is 0.788 bits per heavy atom. The predicted octanol–water partition coefficient (Wildman–Crippen LogP) is 3.03. The molecule has 0 aromatic heterocycles. The smallest absolute Gasteiger partial charge is 0.172 e. The minimum absolute atomic E-state index is 0.0270. The molecule has 12 heteroatoms. The van der Waals surface area contributed by atoms with Crippen LogP contribution in [0.15, 0.2) is 24.3 Å². The molecule has 10 rings (SSSR count). The Labute approximate surface area is 307 Å². The van der Waals surface area contributed by atoms with Gasteiger partial charge in [0.05, 0.1) is 61.0 Å². The number of carbonyl (C=O) groups excluding carboxylic acids is 1. The average molecular weight is 730 g/mol. The van der Waals surface area contributed by atoms with Crippen LogP contribution < -0.4 is 5.73 Å². The van der Waals surface area contributed by atoms with Gasteiger partial charge in [0.2, 0.25) is 0 Å². The summed E-state index contributed by atoms with van der Waals surface area (Å²) >= 11 is 0. The summed E-state index contributed by atoms with van der Waals surface area (Å²) in [6.07, 6.45) is 4.73. The normalized spacial score (nSPS) is 52.4. The van der Waals surface area contributed by atoms with Crippen molar-refractivity contribution >= 4 is 5.78 Å². The monoisotopic (exact) mass is 729 g/mol. The number of aliphatic hydroxyl groups is 2. The fourth-order valence-electron chi connectivity index (χ4n) is 11.4. The van der Waals surface area contributed by atoms with Crippen LogP contribution in [0.1, 0.15) is 90.4 Å². The zero-order chi connectivity index (χ0) is 35.9. The molecule has 10 aliphatic rings. The van der Waals surface area contributed by atoms with E-state index in [-0.39, 0.29) is 129 Å². The van der Waals surface area contributed by atoms with Gasteiger partial charge in [-0.25, -0.2) is 0 Å². The van der Waals surface area contributed by atoms with Crippen molar-refractivity contribution in [1.29, 1.82) is 0 Å². The van der Waals surface area contributed by atoms with Crippen molar-refractivity contribution in [3.8, 4) is 0 Å². The first-order valence-electron chi connectivity index (χ1n) is 20.3. The number of fused-ring (bicyclic) bond motifs is 6. The van der Waals surface area contributed by atoms with Crippen LogP contribution in [-0.4, -0.2) is 126 Å². The highest BCUT2D eigenvalue weighted by molar-refractivity contribution is 5.79. The topological polar surface area (TPSA) is 157 Å². The lowest BCUT2D eigenvalue weighted by Crippen LogP contribution is -2.61.